The summed E-state index contributed by atoms with van der Waals surface area (Å²) < 4.78 is 5.10. The van der Waals surface area contributed by atoms with Crippen LogP contribution in [0.5, 0.6) is 0 Å². The molecule has 22 heavy (non-hydrogen) atoms. The molecule has 0 heterocycles. The average Bonchev–Trinajstić information content (AvgIpc) is 2.46. The number of halogens is 2. The predicted octanol–water partition coefficient (Wildman–Crippen LogP) is 4.19. The fourth-order valence-corrected chi connectivity index (χ4v) is 2.30. The third-order valence-corrected chi connectivity index (χ3v) is 3.51. The minimum atomic E-state index is -0.569. The van der Waals surface area contributed by atoms with Gasteiger partial charge in [0.2, 0.25) is 0 Å². The number of hydrogen-bond acceptors (Lipinski definition) is 4. The summed E-state index contributed by atoms with van der Waals surface area (Å²) in [6.45, 7) is -0.0184. The number of benzene rings is 2. The van der Waals surface area contributed by atoms with Crippen LogP contribution in [0.25, 0.3) is 0 Å². The SMILES string of the molecule is O=C(Cc1ccccc1[N+](=O)[O-])OCc1ccc(Cl)cc1Cl. The van der Waals surface area contributed by atoms with Gasteiger partial charge >= 0.3 is 5.97 Å². The summed E-state index contributed by atoms with van der Waals surface area (Å²) in [5.41, 5.74) is 0.811. The lowest BCUT2D eigenvalue weighted by Gasteiger charge is -2.07. The molecule has 0 amide bonds. The summed E-state index contributed by atoms with van der Waals surface area (Å²) in [5, 5.41) is 11.8. The summed E-state index contributed by atoms with van der Waals surface area (Å²) in [6.07, 6.45) is -0.178. The van der Waals surface area contributed by atoms with E-state index in [0.717, 1.165) is 0 Å². The van der Waals surface area contributed by atoms with E-state index in [-0.39, 0.29) is 18.7 Å². The van der Waals surface area contributed by atoms with E-state index in [9.17, 15) is 14.9 Å². The highest BCUT2D eigenvalue weighted by Crippen LogP contribution is 2.22. The number of nitro benzene ring substituents is 1. The highest BCUT2D eigenvalue weighted by Gasteiger charge is 2.16. The molecule has 0 aliphatic rings. The monoisotopic (exact) mass is 339 g/mol. The Labute approximate surface area is 136 Å². The number of hydrogen-bond donors (Lipinski definition) is 0. The first-order chi connectivity index (χ1) is 10.5. The van der Waals surface area contributed by atoms with Crippen molar-refractivity contribution in [3.63, 3.8) is 0 Å². The van der Waals surface area contributed by atoms with Gasteiger partial charge in [-0.1, -0.05) is 47.5 Å². The lowest BCUT2D eigenvalue weighted by Crippen LogP contribution is -2.09. The van der Waals surface area contributed by atoms with Gasteiger partial charge < -0.3 is 4.74 Å². The molecule has 0 aliphatic carbocycles. The van der Waals surface area contributed by atoms with Crippen LogP contribution in [0.4, 0.5) is 5.69 Å². The lowest BCUT2D eigenvalue weighted by molar-refractivity contribution is -0.385. The highest BCUT2D eigenvalue weighted by atomic mass is 35.5. The largest absolute Gasteiger partial charge is 0.460 e. The Morgan fingerprint density at radius 3 is 2.55 bits per heavy atom. The quantitative estimate of drug-likeness (QED) is 0.465. The maximum Gasteiger partial charge on any atom is 0.310 e. The number of nitro groups is 1. The van der Waals surface area contributed by atoms with E-state index in [0.29, 0.717) is 21.2 Å². The third kappa shape index (κ3) is 4.19. The lowest BCUT2D eigenvalue weighted by atomic mass is 10.1. The van der Waals surface area contributed by atoms with Gasteiger partial charge in [0.25, 0.3) is 5.69 Å². The van der Waals surface area contributed by atoms with Gasteiger partial charge in [-0.05, 0) is 12.1 Å². The summed E-state index contributed by atoms with van der Waals surface area (Å²) in [7, 11) is 0. The van der Waals surface area contributed by atoms with Gasteiger partial charge in [0.15, 0.2) is 0 Å². The summed E-state index contributed by atoms with van der Waals surface area (Å²) in [5.74, 6) is -0.569. The van der Waals surface area contributed by atoms with Crippen molar-refractivity contribution in [2.45, 2.75) is 13.0 Å². The molecule has 7 heteroatoms. The molecule has 0 aliphatic heterocycles. The zero-order valence-electron chi connectivity index (χ0n) is 11.3. The Kier molecular flexibility index (Phi) is 5.35. The molecule has 2 rings (SSSR count). The van der Waals surface area contributed by atoms with Crippen LogP contribution in [0.3, 0.4) is 0 Å². The van der Waals surface area contributed by atoms with E-state index in [2.05, 4.69) is 0 Å². The second-order valence-electron chi connectivity index (χ2n) is 4.46. The zero-order valence-corrected chi connectivity index (χ0v) is 12.8. The highest BCUT2D eigenvalue weighted by molar-refractivity contribution is 6.35. The molecule has 0 spiro atoms. The molecule has 0 saturated carbocycles. The zero-order chi connectivity index (χ0) is 16.1. The maximum absolute atomic E-state index is 11.8. The number of para-hydroxylation sites is 1. The summed E-state index contributed by atoms with van der Waals surface area (Å²) >= 11 is 11.8. The molecule has 0 fully saturated rings. The topological polar surface area (TPSA) is 69.4 Å². The van der Waals surface area contributed by atoms with Gasteiger partial charge in [0.1, 0.15) is 6.61 Å². The van der Waals surface area contributed by atoms with Crippen molar-refractivity contribution in [2.75, 3.05) is 0 Å². The van der Waals surface area contributed by atoms with E-state index in [4.69, 9.17) is 27.9 Å². The van der Waals surface area contributed by atoms with Crippen molar-refractivity contribution in [2.24, 2.45) is 0 Å². The Morgan fingerprint density at radius 1 is 1.14 bits per heavy atom. The van der Waals surface area contributed by atoms with Gasteiger partial charge in [0, 0.05) is 27.2 Å². The van der Waals surface area contributed by atoms with Crippen molar-refractivity contribution < 1.29 is 14.5 Å². The third-order valence-electron chi connectivity index (χ3n) is 2.93. The van der Waals surface area contributed by atoms with Gasteiger partial charge in [-0.25, -0.2) is 0 Å². The molecule has 0 unspecified atom stereocenters. The average molecular weight is 340 g/mol. The Hall–Kier alpha value is -2.11. The number of esters is 1. The number of rotatable bonds is 5. The van der Waals surface area contributed by atoms with Gasteiger partial charge in [0.05, 0.1) is 11.3 Å². The van der Waals surface area contributed by atoms with Gasteiger partial charge in [-0.2, -0.15) is 0 Å². The maximum atomic E-state index is 11.8. The van der Waals surface area contributed by atoms with Crippen molar-refractivity contribution in [1.82, 2.24) is 0 Å². The van der Waals surface area contributed by atoms with Crippen LogP contribution >= 0.6 is 23.2 Å². The molecule has 0 bridgehead atoms. The molecule has 2 aromatic carbocycles. The molecular weight excluding hydrogens is 329 g/mol. The second-order valence-corrected chi connectivity index (χ2v) is 5.30. The molecule has 0 N–H and O–H groups in total. The van der Waals surface area contributed by atoms with E-state index in [1.165, 1.54) is 12.1 Å². The van der Waals surface area contributed by atoms with Crippen LogP contribution in [-0.4, -0.2) is 10.9 Å². The van der Waals surface area contributed by atoms with Crippen LogP contribution in [0.1, 0.15) is 11.1 Å². The van der Waals surface area contributed by atoms with Crippen LogP contribution in [-0.2, 0) is 22.6 Å². The molecule has 5 nitrogen and oxygen atoms in total. The van der Waals surface area contributed by atoms with Crippen molar-refractivity contribution >= 4 is 34.9 Å². The molecule has 0 aromatic heterocycles. The first-order valence-electron chi connectivity index (χ1n) is 6.29. The molecule has 114 valence electrons. The van der Waals surface area contributed by atoms with E-state index < -0.39 is 10.9 Å². The first-order valence-corrected chi connectivity index (χ1v) is 7.05. The Morgan fingerprint density at radius 2 is 1.86 bits per heavy atom. The van der Waals surface area contributed by atoms with E-state index in [1.54, 1.807) is 30.3 Å². The summed E-state index contributed by atoms with van der Waals surface area (Å²) in [4.78, 5) is 22.2. The van der Waals surface area contributed by atoms with Crippen LogP contribution in [0.2, 0.25) is 10.0 Å². The van der Waals surface area contributed by atoms with Crippen LogP contribution in [0.15, 0.2) is 42.5 Å². The van der Waals surface area contributed by atoms with Crippen molar-refractivity contribution in [3.8, 4) is 0 Å². The minimum absolute atomic E-state index is 0.0184. The Bertz CT molecular complexity index is 718. The molecule has 0 saturated heterocycles. The smallest absolute Gasteiger partial charge is 0.310 e. The van der Waals surface area contributed by atoms with Crippen molar-refractivity contribution in [1.29, 1.82) is 0 Å². The normalized spacial score (nSPS) is 10.3. The fraction of sp³-hybridized carbons (Fsp3) is 0.133. The van der Waals surface area contributed by atoms with Crippen LogP contribution in [0, 0.1) is 10.1 Å². The van der Waals surface area contributed by atoms with E-state index in [1.807, 2.05) is 0 Å². The van der Waals surface area contributed by atoms with Gasteiger partial charge in [-0.15, -0.1) is 0 Å². The second kappa shape index (κ2) is 7.24. The number of carbonyl (C=O) groups excluding carboxylic acids is 1. The minimum Gasteiger partial charge on any atom is -0.460 e. The number of ether oxygens (including phenoxy) is 1. The molecule has 0 atom stereocenters. The van der Waals surface area contributed by atoms with Crippen LogP contribution < -0.4 is 0 Å². The standard InChI is InChI=1S/C15H11Cl2NO4/c16-12-6-5-11(13(17)8-12)9-22-15(19)7-10-3-1-2-4-14(10)18(20)21/h1-6,8H,7,9H2. The predicted molar refractivity (Wildman–Crippen MR) is 83.1 cm³/mol. The molecule has 0 radical (unpaired) electrons. The number of nitrogens with zero attached hydrogens (tertiary/aromatic N) is 1. The summed E-state index contributed by atoms with van der Waals surface area (Å²) in [6, 6.07) is 10.9. The molecular formula is C15H11Cl2NO4. The molecule has 2 aromatic rings. The van der Waals surface area contributed by atoms with Crippen molar-refractivity contribution in [3.05, 3.63) is 73.8 Å². The first kappa shape index (κ1) is 16.3. The Balaban J connectivity index is 2.00. The van der Waals surface area contributed by atoms with Gasteiger partial charge in [-0.3, -0.25) is 14.9 Å². The van der Waals surface area contributed by atoms with E-state index >= 15 is 0 Å². The fourth-order valence-electron chi connectivity index (χ4n) is 1.84. The number of carbonyl (C=O) groups is 1.